The van der Waals surface area contributed by atoms with Crippen molar-refractivity contribution in [2.75, 3.05) is 39.4 Å². The number of hydrogen-bond donors (Lipinski definition) is 2. The van der Waals surface area contributed by atoms with Crippen molar-refractivity contribution in [3.05, 3.63) is 0 Å². The van der Waals surface area contributed by atoms with E-state index in [4.69, 9.17) is 9.73 Å². The largest absolute Gasteiger partial charge is 0.466 e. The third kappa shape index (κ3) is 9.08. The van der Waals surface area contributed by atoms with Gasteiger partial charge in [0.25, 0.3) is 0 Å². The van der Waals surface area contributed by atoms with Gasteiger partial charge in [-0.25, -0.2) is 0 Å². The zero-order valence-electron chi connectivity index (χ0n) is 16.0. The van der Waals surface area contributed by atoms with E-state index in [0.717, 1.165) is 57.7 Å². The monoisotopic (exact) mass is 469 g/mol. The summed E-state index contributed by atoms with van der Waals surface area (Å²) in [6.45, 7) is 9.82. The van der Waals surface area contributed by atoms with Crippen LogP contribution in [-0.4, -0.2) is 61.3 Å². The van der Waals surface area contributed by atoms with Crippen LogP contribution in [0.4, 0.5) is 0 Å². The van der Waals surface area contributed by atoms with Crippen LogP contribution in [0.3, 0.4) is 0 Å². The second kappa shape index (κ2) is 14.6. The maximum Gasteiger partial charge on any atom is 0.310 e. The number of nitrogens with zero attached hydrogens (tertiary/aromatic N) is 2. The summed E-state index contributed by atoms with van der Waals surface area (Å²) < 4.78 is 5.18. The number of carbonyl (C=O) groups excluding carboxylic acids is 1. The van der Waals surface area contributed by atoms with Crippen molar-refractivity contribution >= 4 is 35.9 Å². The van der Waals surface area contributed by atoms with E-state index in [1.165, 1.54) is 0 Å². The fourth-order valence-corrected chi connectivity index (χ4v) is 3.18. The fraction of sp³-hybridized carbons (Fsp3) is 0.889. The summed E-state index contributed by atoms with van der Waals surface area (Å²) in [7, 11) is 0. The van der Waals surface area contributed by atoms with Crippen molar-refractivity contribution in [2.45, 2.75) is 52.9 Å². The number of aliphatic imine (C=N–C) groups is 1. The molecule has 1 aliphatic heterocycles. The molecule has 0 saturated carbocycles. The van der Waals surface area contributed by atoms with Gasteiger partial charge in [0.2, 0.25) is 0 Å². The molecule has 7 heteroatoms. The molecular weight excluding hydrogens is 433 g/mol. The highest BCUT2D eigenvalue weighted by atomic mass is 127. The van der Waals surface area contributed by atoms with Gasteiger partial charge in [-0.15, -0.1) is 24.0 Å². The van der Waals surface area contributed by atoms with E-state index in [2.05, 4.69) is 24.1 Å². The van der Waals surface area contributed by atoms with Gasteiger partial charge < -0.3 is 20.1 Å². The number of likely N-dealkylation sites (tertiary alicyclic amines) is 1. The zero-order chi connectivity index (χ0) is 17.8. The molecule has 0 spiro atoms. The molecule has 1 fully saturated rings. The fourth-order valence-electron chi connectivity index (χ4n) is 3.18. The van der Waals surface area contributed by atoms with Crippen LogP contribution in [0.15, 0.2) is 4.99 Å². The average Bonchev–Trinajstić information content (AvgIpc) is 2.59. The molecule has 0 bridgehead atoms. The second-order valence-corrected chi connectivity index (χ2v) is 6.40. The first kappa shape index (κ1) is 24.4. The number of aliphatic hydroxyl groups excluding tert-OH is 1. The lowest BCUT2D eigenvalue weighted by Crippen LogP contribution is -2.48. The van der Waals surface area contributed by atoms with Crippen LogP contribution in [0.1, 0.15) is 52.9 Å². The van der Waals surface area contributed by atoms with E-state index < -0.39 is 0 Å². The van der Waals surface area contributed by atoms with Crippen molar-refractivity contribution in [1.29, 1.82) is 0 Å². The lowest BCUT2D eigenvalue weighted by atomic mass is 9.98. The topological polar surface area (TPSA) is 74.2 Å². The van der Waals surface area contributed by atoms with E-state index in [0.29, 0.717) is 19.1 Å². The molecule has 2 unspecified atom stereocenters. The molecule has 148 valence electrons. The predicted molar refractivity (Wildman–Crippen MR) is 112 cm³/mol. The Hall–Kier alpha value is -0.570. The van der Waals surface area contributed by atoms with E-state index in [-0.39, 0.29) is 42.5 Å². The lowest BCUT2D eigenvalue weighted by Gasteiger charge is -2.34. The number of aliphatic hydroxyl groups is 1. The Morgan fingerprint density at radius 2 is 2.12 bits per heavy atom. The van der Waals surface area contributed by atoms with Crippen LogP contribution < -0.4 is 5.32 Å². The molecule has 1 heterocycles. The van der Waals surface area contributed by atoms with Gasteiger partial charge in [-0.2, -0.15) is 0 Å². The van der Waals surface area contributed by atoms with Crippen LogP contribution >= 0.6 is 24.0 Å². The molecule has 0 aromatic carbocycles. The lowest BCUT2D eigenvalue weighted by molar-refractivity contribution is -0.149. The maximum atomic E-state index is 12.0. The Balaban J connectivity index is 0.00000576. The summed E-state index contributed by atoms with van der Waals surface area (Å²) >= 11 is 0. The maximum absolute atomic E-state index is 12.0. The van der Waals surface area contributed by atoms with E-state index in [1.54, 1.807) is 0 Å². The minimum Gasteiger partial charge on any atom is -0.466 e. The number of guanidine groups is 1. The molecule has 1 aliphatic rings. The van der Waals surface area contributed by atoms with E-state index in [9.17, 15) is 9.90 Å². The minimum atomic E-state index is -0.0952. The number of esters is 1. The van der Waals surface area contributed by atoms with Gasteiger partial charge in [-0.1, -0.05) is 13.3 Å². The number of hydrogen-bond acceptors (Lipinski definition) is 4. The highest BCUT2D eigenvalue weighted by molar-refractivity contribution is 14.0. The highest BCUT2D eigenvalue weighted by Gasteiger charge is 2.28. The number of carbonyl (C=O) groups is 1. The number of rotatable bonds is 9. The first-order valence-electron chi connectivity index (χ1n) is 9.46. The van der Waals surface area contributed by atoms with Gasteiger partial charge in [0.15, 0.2) is 5.96 Å². The van der Waals surface area contributed by atoms with Crippen molar-refractivity contribution in [1.82, 2.24) is 10.2 Å². The molecule has 0 aromatic rings. The Kier molecular flexibility index (Phi) is 14.3. The second-order valence-electron chi connectivity index (χ2n) is 6.40. The summed E-state index contributed by atoms with van der Waals surface area (Å²) in [5.74, 6) is 1.14. The summed E-state index contributed by atoms with van der Waals surface area (Å²) in [5.41, 5.74) is 0. The Bertz CT molecular complexity index is 388. The average molecular weight is 469 g/mol. The molecule has 6 nitrogen and oxygen atoms in total. The van der Waals surface area contributed by atoms with E-state index >= 15 is 0 Å². The first-order chi connectivity index (χ1) is 11.7. The molecular formula is C18H36IN3O3. The molecule has 1 saturated heterocycles. The summed E-state index contributed by atoms with van der Waals surface area (Å²) in [4.78, 5) is 19.0. The molecule has 2 atom stereocenters. The van der Waals surface area contributed by atoms with Gasteiger partial charge in [-0.05, 0) is 45.4 Å². The highest BCUT2D eigenvalue weighted by Crippen LogP contribution is 2.18. The van der Waals surface area contributed by atoms with Crippen molar-refractivity contribution in [3.63, 3.8) is 0 Å². The minimum absolute atomic E-state index is 0. The smallest absolute Gasteiger partial charge is 0.310 e. The zero-order valence-corrected chi connectivity index (χ0v) is 18.3. The summed E-state index contributed by atoms with van der Waals surface area (Å²) in [5, 5.41) is 12.5. The van der Waals surface area contributed by atoms with Crippen molar-refractivity contribution in [2.24, 2.45) is 16.8 Å². The third-order valence-electron chi connectivity index (χ3n) is 4.41. The van der Waals surface area contributed by atoms with Crippen LogP contribution in [-0.2, 0) is 9.53 Å². The number of ether oxygens (including phenoxy) is 1. The SMILES string of the molecule is CCCC(CCO)CN=C(NCC)N1CCCC(C(=O)OCC)C1.I. The van der Waals surface area contributed by atoms with Gasteiger partial charge in [-0.3, -0.25) is 9.79 Å². The molecule has 0 amide bonds. The van der Waals surface area contributed by atoms with Gasteiger partial charge in [0, 0.05) is 32.8 Å². The standard InChI is InChI=1S/C18H35N3O3.HI/c1-4-8-15(10-12-22)13-20-18(19-5-2)21-11-7-9-16(14-21)17(23)24-6-3;/h15-16,22H,4-14H2,1-3H3,(H,19,20);1H. The van der Waals surface area contributed by atoms with Gasteiger partial charge >= 0.3 is 5.97 Å². The van der Waals surface area contributed by atoms with Crippen LogP contribution in [0.5, 0.6) is 0 Å². The third-order valence-corrected chi connectivity index (χ3v) is 4.41. The van der Waals surface area contributed by atoms with Crippen LogP contribution in [0.25, 0.3) is 0 Å². The Morgan fingerprint density at radius 3 is 2.72 bits per heavy atom. The number of piperidine rings is 1. The molecule has 0 aliphatic carbocycles. The van der Waals surface area contributed by atoms with E-state index in [1.807, 2.05) is 6.92 Å². The molecule has 0 aromatic heterocycles. The Morgan fingerprint density at radius 1 is 1.36 bits per heavy atom. The Labute approximate surface area is 169 Å². The summed E-state index contributed by atoms with van der Waals surface area (Å²) in [6.07, 6.45) is 4.84. The van der Waals surface area contributed by atoms with Crippen molar-refractivity contribution in [3.8, 4) is 0 Å². The molecule has 2 N–H and O–H groups in total. The number of halogens is 1. The summed E-state index contributed by atoms with van der Waals surface area (Å²) in [6, 6.07) is 0. The predicted octanol–water partition coefficient (Wildman–Crippen LogP) is 2.64. The van der Waals surface area contributed by atoms with Crippen LogP contribution in [0.2, 0.25) is 0 Å². The molecule has 25 heavy (non-hydrogen) atoms. The normalized spacial score (nSPS) is 19.1. The molecule has 0 radical (unpaired) electrons. The van der Waals surface area contributed by atoms with Crippen molar-refractivity contribution < 1.29 is 14.6 Å². The van der Waals surface area contributed by atoms with Gasteiger partial charge in [0.05, 0.1) is 12.5 Å². The quantitative estimate of drug-likeness (QED) is 0.235. The molecule has 1 rings (SSSR count). The van der Waals surface area contributed by atoms with Crippen LogP contribution in [0, 0.1) is 11.8 Å². The number of nitrogens with one attached hydrogen (secondary N) is 1. The van der Waals surface area contributed by atoms with Gasteiger partial charge in [0.1, 0.15) is 0 Å². The first-order valence-corrected chi connectivity index (χ1v) is 9.46.